The van der Waals surface area contributed by atoms with Crippen molar-refractivity contribution in [2.75, 3.05) is 68.2 Å². The molecule has 33 heavy (non-hydrogen) atoms. The lowest BCUT2D eigenvalue weighted by atomic mass is 10.1. The third kappa shape index (κ3) is 5.00. The number of nitrogens with zero attached hydrogens (tertiary/aromatic N) is 4. The van der Waals surface area contributed by atoms with Crippen LogP contribution >= 0.6 is 0 Å². The van der Waals surface area contributed by atoms with Crippen molar-refractivity contribution in [3.8, 4) is 22.9 Å². The smallest absolute Gasteiger partial charge is 0.213 e. The largest absolute Gasteiger partial charge is 0.497 e. The van der Waals surface area contributed by atoms with E-state index in [2.05, 4.69) is 71.0 Å². The SMILES string of the molecule is CCN(CC)c1ccc(-c2nc(OC)ccc2N2CCN(c3ccc(OC)cc3)CC2)cc1. The van der Waals surface area contributed by atoms with Gasteiger partial charge >= 0.3 is 0 Å². The fraction of sp³-hybridized carbons (Fsp3) is 0.370. The molecule has 2 aromatic carbocycles. The number of hydrogen-bond acceptors (Lipinski definition) is 6. The second kappa shape index (κ2) is 10.5. The zero-order chi connectivity index (χ0) is 23.2. The summed E-state index contributed by atoms with van der Waals surface area (Å²) in [6, 6.07) is 21.1. The van der Waals surface area contributed by atoms with E-state index in [1.807, 2.05) is 18.2 Å². The van der Waals surface area contributed by atoms with Crippen LogP contribution in [0.3, 0.4) is 0 Å². The van der Waals surface area contributed by atoms with Gasteiger partial charge in [-0.2, -0.15) is 0 Å². The fourth-order valence-corrected chi connectivity index (χ4v) is 4.43. The van der Waals surface area contributed by atoms with Crippen LogP contribution in [0.25, 0.3) is 11.3 Å². The minimum absolute atomic E-state index is 0.637. The second-order valence-corrected chi connectivity index (χ2v) is 8.11. The lowest BCUT2D eigenvalue weighted by Crippen LogP contribution is -2.46. The second-order valence-electron chi connectivity index (χ2n) is 8.11. The first-order chi connectivity index (χ1) is 16.2. The molecule has 0 saturated carbocycles. The van der Waals surface area contributed by atoms with Gasteiger partial charge in [-0.1, -0.05) is 12.1 Å². The summed E-state index contributed by atoms with van der Waals surface area (Å²) in [5, 5.41) is 0. The van der Waals surface area contributed by atoms with Gasteiger partial charge in [0.15, 0.2) is 0 Å². The summed E-state index contributed by atoms with van der Waals surface area (Å²) in [5.74, 6) is 1.52. The lowest BCUT2D eigenvalue weighted by molar-refractivity contribution is 0.398. The lowest BCUT2D eigenvalue weighted by Gasteiger charge is -2.38. The summed E-state index contributed by atoms with van der Waals surface area (Å²) in [6.45, 7) is 10.1. The number of ether oxygens (including phenoxy) is 2. The molecule has 2 heterocycles. The summed E-state index contributed by atoms with van der Waals surface area (Å²) in [5.41, 5.74) is 5.70. The number of aromatic nitrogens is 1. The molecule has 6 nitrogen and oxygen atoms in total. The number of hydrogen-bond donors (Lipinski definition) is 0. The van der Waals surface area contributed by atoms with Gasteiger partial charge in [0.2, 0.25) is 5.88 Å². The molecule has 1 aliphatic heterocycles. The van der Waals surface area contributed by atoms with E-state index < -0.39 is 0 Å². The Hall–Kier alpha value is -3.41. The molecule has 6 heteroatoms. The minimum atomic E-state index is 0.637. The Morgan fingerprint density at radius 2 is 1.39 bits per heavy atom. The zero-order valence-corrected chi connectivity index (χ0v) is 20.1. The van der Waals surface area contributed by atoms with Crippen molar-refractivity contribution in [3.05, 3.63) is 60.7 Å². The highest BCUT2D eigenvalue weighted by molar-refractivity contribution is 5.77. The van der Waals surface area contributed by atoms with Crippen LogP contribution in [0.1, 0.15) is 13.8 Å². The van der Waals surface area contributed by atoms with Crippen molar-refractivity contribution in [3.63, 3.8) is 0 Å². The average Bonchev–Trinajstić information content (AvgIpc) is 2.89. The summed E-state index contributed by atoms with van der Waals surface area (Å²) in [6.07, 6.45) is 0. The molecule has 0 radical (unpaired) electrons. The van der Waals surface area contributed by atoms with E-state index in [9.17, 15) is 0 Å². The van der Waals surface area contributed by atoms with Crippen LogP contribution in [0.5, 0.6) is 11.6 Å². The summed E-state index contributed by atoms with van der Waals surface area (Å²) >= 11 is 0. The standard InChI is InChI=1S/C27H34N4O2/c1-5-29(6-2)22-9-7-21(8-10-22)27-25(15-16-26(28-27)33-4)31-19-17-30(18-20-31)23-11-13-24(32-3)14-12-23/h7-16H,5-6,17-20H2,1-4H3. The van der Waals surface area contributed by atoms with Gasteiger partial charge in [-0.15, -0.1) is 0 Å². The third-order valence-electron chi connectivity index (χ3n) is 6.38. The Balaban J connectivity index is 1.55. The van der Waals surface area contributed by atoms with Crippen LogP contribution in [0.4, 0.5) is 17.1 Å². The summed E-state index contributed by atoms with van der Waals surface area (Å²) in [4.78, 5) is 12.0. The zero-order valence-electron chi connectivity index (χ0n) is 20.1. The molecule has 1 aliphatic rings. The van der Waals surface area contributed by atoms with Gasteiger partial charge in [-0.25, -0.2) is 4.98 Å². The van der Waals surface area contributed by atoms with Crippen LogP contribution in [-0.4, -0.2) is 58.5 Å². The number of methoxy groups -OCH3 is 2. The highest BCUT2D eigenvalue weighted by Crippen LogP contribution is 2.33. The van der Waals surface area contributed by atoms with Gasteiger partial charge in [-0.3, -0.25) is 0 Å². The van der Waals surface area contributed by atoms with Crippen molar-refractivity contribution in [2.45, 2.75) is 13.8 Å². The van der Waals surface area contributed by atoms with E-state index in [-0.39, 0.29) is 0 Å². The van der Waals surface area contributed by atoms with E-state index in [0.717, 1.165) is 62.0 Å². The Labute approximate surface area is 197 Å². The molecular formula is C27H34N4O2. The molecule has 1 fully saturated rings. The monoisotopic (exact) mass is 446 g/mol. The number of anilines is 3. The first-order valence-corrected chi connectivity index (χ1v) is 11.7. The minimum Gasteiger partial charge on any atom is -0.497 e. The van der Waals surface area contributed by atoms with E-state index in [1.54, 1.807) is 14.2 Å². The van der Waals surface area contributed by atoms with E-state index in [1.165, 1.54) is 11.4 Å². The number of rotatable bonds is 8. The molecular weight excluding hydrogens is 412 g/mol. The van der Waals surface area contributed by atoms with Crippen molar-refractivity contribution in [1.29, 1.82) is 0 Å². The normalized spacial score (nSPS) is 13.7. The molecule has 0 unspecified atom stereocenters. The van der Waals surface area contributed by atoms with Gasteiger partial charge in [0.25, 0.3) is 0 Å². The van der Waals surface area contributed by atoms with Gasteiger partial charge in [0, 0.05) is 62.3 Å². The van der Waals surface area contributed by atoms with Crippen molar-refractivity contribution >= 4 is 17.1 Å². The van der Waals surface area contributed by atoms with Crippen molar-refractivity contribution in [1.82, 2.24) is 4.98 Å². The van der Waals surface area contributed by atoms with E-state index in [4.69, 9.17) is 14.5 Å². The maximum atomic E-state index is 5.45. The summed E-state index contributed by atoms with van der Waals surface area (Å²) < 4.78 is 10.7. The van der Waals surface area contributed by atoms with Crippen LogP contribution in [-0.2, 0) is 0 Å². The maximum absolute atomic E-state index is 5.45. The van der Waals surface area contributed by atoms with Crippen molar-refractivity contribution < 1.29 is 9.47 Å². The number of piperazine rings is 1. The highest BCUT2D eigenvalue weighted by Gasteiger charge is 2.21. The highest BCUT2D eigenvalue weighted by atomic mass is 16.5. The van der Waals surface area contributed by atoms with Gasteiger partial charge in [0.1, 0.15) is 5.75 Å². The molecule has 1 aromatic heterocycles. The Morgan fingerprint density at radius 1 is 0.758 bits per heavy atom. The average molecular weight is 447 g/mol. The fourth-order valence-electron chi connectivity index (χ4n) is 4.43. The summed E-state index contributed by atoms with van der Waals surface area (Å²) in [7, 11) is 3.37. The Morgan fingerprint density at radius 3 is 1.97 bits per heavy atom. The number of benzene rings is 2. The maximum Gasteiger partial charge on any atom is 0.213 e. The molecule has 0 atom stereocenters. The number of pyridine rings is 1. The first kappa shape index (κ1) is 22.8. The van der Waals surface area contributed by atoms with Gasteiger partial charge in [-0.05, 0) is 56.3 Å². The van der Waals surface area contributed by atoms with Crippen LogP contribution in [0.2, 0.25) is 0 Å². The molecule has 0 amide bonds. The van der Waals surface area contributed by atoms with Crippen LogP contribution in [0.15, 0.2) is 60.7 Å². The van der Waals surface area contributed by atoms with Crippen LogP contribution in [0, 0.1) is 0 Å². The predicted octanol–water partition coefficient (Wildman–Crippen LogP) is 4.94. The Kier molecular flexibility index (Phi) is 7.23. The molecule has 0 bridgehead atoms. The molecule has 1 saturated heterocycles. The topological polar surface area (TPSA) is 41.1 Å². The van der Waals surface area contributed by atoms with Gasteiger partial charge < -0.3 is 24.2 Å². The first-order valence-electron chi connectivity index (χ1n) is 11.7. The van der Waals surface area contributed by atoms with Crippen LogP contribution < -0.4 is 24.2 Å². The molecule has 0 N–H and O–H groups in total. The molecule has 0 spiro atoms. The van der Waals surface area contributed by atoms with E-state index >= 15 is 0 Å². The quantitative estimate of drug-likeness (QED) is 0.488. The molecule has 174 valence electrons. The molecule has 4 rings (SSSR count). The van der Waals surface area contributed by atoms with Crippen molar-refractivity contribution in [2.24, 2.45) is 0 Å². The molecule has 0 aliphatic carbocycles. The Bertz CT molecular complexity index is 1020. The van der Waals surface area contributed by atoms with E-state index in [0.29, 0.717) is 5.88 Å². The third-order valence-corrected chi connectivity index (χ3v) is 6.38. The van der Waals surface area contributed by atoms with Gasteiger partial charge in [0.05, 0.1) is 25.6 Å². The molecule has 3 aromatic rings. The predicted molar refractivity (Wildman–Crippen MR) is 137 cm³/mol.